The minimum atomic E-state index is -0.186. The van der Waals surface area contributed by atoms with E-state index >= 15 is 0 Å². The molecule has 0 unspecified atom stereocenters. The van der Waals surface area contributed by atoms with Crippen molar-refractivity contribution in [2.75, 3.05) is 27.2 Å². The Morgan fingerprint density at radius 3 is 2.46 bits per heavy atom. The summed E-state index contributed by atoms with van der Waals surface area (Å²) in [6.07, 6.45) is 2.39. The lowest BCUT2D eigenvalue weighted by Crippen LogP contribution is -2.37. The highest BCUT2D eigenvalue weighted by Gasteiger charge is 2.21. The Kier molecular flexibility index (Phi) is 8.14. The van der Waals surface area contributed by atoms with Gasteiger partial charge in [0.2, 0.25) is 0 Å². The third-order valence-electron chi connectivity index (χ3n) is 4.39. The molecule has 6 heteroatoms. The van der Waals surface area contributed by atoms with Crippen molar-refractivity contribution in [2.24, 2.45) is 0 Å². The van der Waals surface area contributed by atoms with E-state index in [9.17, 15) is 9.59 Å². The van der Waals surface area contributed by atoms with Gasteiger partial charge in [-0.05, 0) is 58.6 Å². The third kappa shape index (κ3) is 6.46. The summed E-state index contributed by atoms with van der Waals surface area (Å²) in [6, 6.07) is 13.1. The summed E-state index contributed by atoms with van der Waals surface area (Å²) in [4.78, 5) is 33.4. The van der Waals surface area contributed by atoms with E-state index in [2.05, 4.69) is 15.2 Å². The molecule has 0 saturated heterocycles. The normalized spacial score (nSPS) is 10.9. The summed E-state index contributed by atoms with van der Waals surface area (Å²) in [5, 5.41) is 2.89. The van der Waals surface area contributed by atoms with Gasteiger partial charge in [0, 0.05) is 30.9 Å². The van der Waals surface area contributed by atoms with Gasteiger partial charge in [-0.15, -0.1) is 0 Å². The van der Waals surface area contributed by atoms with Gasteiger partial charge in [-0.2, -0.15) is 0 Å². The van der Waals surface area contributed by atoms with Crippen LogP contribution in [0.1, 0.15) is 46.7 Å². The molecule has 0 spiro atoms. The summed E-state index contributed by atoms with van der Waals surface area (Å²) in [5.41, 5.74) is 1.79. The van der Waals surface area contributed by atoms with Crippen molar-refractivity contribution in [1.29, 1.82) is 0 Å². The van der Waals surface area contributed by atoms with Crippen molar-refractivity contribution >= 4 is 11.8 Å². The molecule has 2 aromatic rings. The van der Waals surface area contributed by atoms with Gasteiger partial charge in [0.15, 0.2) is 0 Å². The molecule has 0 bridgehead atoms. The average Bonchev–Trinajstić information content (AvgIpc) is 2.69. The van der Waals surface area contributed by atoms with Crippen molar-refractivity contribution in [3.05, 3.63) is 65.5 Å². The molecule has 0 aliphatic rings. The van der Waals surface area contributed by atoms with Crippen molar-refractivity contribution in [3.63, 3.8) is 0 Å². The first kappa shape index (κ1) is 21.6. The van der Waals surface area contributed by atoms with Crippen LogP contribution in [0, 0.1) is 0 Å². The molecule has 0 saturated carbocycles. The molecule has 6 nitrogen and oxygen atoms in total. The van der Waals surface area contributed by atoms with Crippen LogP contribution in [0.3, 0.4) is 0 Å². The predicted molar refractivity (Wildman–Crippen MR) is 111 cm³/mol. The molecule has 0 fully saturated rings. The average molecular weight is 383 g/mol. The second-order valence-electron chi connectivity index (χ2n) is 7.35. The summed E-state index contributed by atoms with van der Waals surface area (Å²) >= 11 is 0. The molecule has 1 N–H and O–H groups in total. The summed E-state index contributed by atoms with van der Waals surface area (Å²) in [5.74, 6) is -0.365. The third-order valence-corrected chi connectivity index (χ3v) is 4.39. The number of nitrogens with zero attached hydrogens (tertiary/aromatic N) is 3. The lowest BCUT2D eigenvalue weighted by Gasteiger charge is -2.26. The number of nitrogens with one attached hydrogen (secondary N) is 1. The van der Waals surface area contributed by atoms with Crippen molar-refractivity contribution in [2.45, 2.75) is 32.9 Å². The lowest BCUT2D eigenvalue weighted by molar-refractivity contribution is 0.0684. The van der Waals surface area contributed by atoms with E-state index in [4.69, 9.17) is 0 Å². The number of hydrogen-bond donors (Lipinski definition) is 1. The zero-order chi connectivity index (χ0) is 20.5. The van der Waals surface area contributed by atoms with Crippen LogP contribution >= 0.6 is 0 Å². The fraction of sp³-hybridized carbons (Fsp3) is 0.409. The topological polar surface area (TPSA) is 65.5 Å². The first-order chi connectivity index (χ1) is 13.4. The molecular weight excluding hydrogens is 352 g/mol. The molecule has 1 aromatic carbocycles. The lowest BCUT2D eigenvalue weighted by atomic mass is 10.1. The van der Waals surface area contributed by atoms with Crippen LogP contribution in [0.5, 0.6) is 0 Å². The van der Waals surface area contributed by atoms with Crippen LogP contribution in [0.2, 0.25) is 0 Å². The summed E-state index contributed by atoms with van der Waals surface area (Å²) in [7, 11) is 4.00. The first-order valence-electron chi connectivity index (χ1n) is 9.62. The zero-order valence-corrected chi connectivity index (χ0v) is 17.2. The van der Waals surface area contributed by atoms with Gasteiger partial charge >= 0.3 is 0 Å². The number of hydrogen-bond acceptors (Lipinski definition) is 4. The minimum Gasteiger partial charge on any atom is -0.352 e. The van der Waals surface area contributed by atoms with Gasteiger partial charge in [0.1, 0.15) is 5.69 Å². The first-order valence-corrected chi connectivity index (χ1v) is 9.62. The molecule has 150 valence electrons. The van der Waals surface area contributed by atoms with E-state index in [0.29, 0.717) is 18.7 Å². The maximum atomic E-state index is 13.0. The van der Waals surface area contributed by atoms with Gasteiger partial charge in [-0.1, -0.05) is 30.3 Å². The molecule has 1 aromatic heterocycles. The van der Waals surface area contributed by atoms with Crippen LogP contribution in [0.4, 0.5) is 0 Å². The molecule has 1 heterocycles. The van der Waals surface area contributed by atoms with Crippen LogP contribution < -0.4 is 5.32 Å². The zero-order valence-electron chi connectivity index (χ0n) is 17.2. The van der Waals surface area contributed by atoms with E-state index in [1.807, 2.05) is 58.3 Å². The second kappa shape index (κ2) is 10.6. The standard InChI is InChI=1S/C22H30N4O2/c1-17(2)26(16-18-9-6-5-7-10-18)22(28)20-15-19(11-13-23-20)21(27)24-12-8-14-25(3)4/h5-7,9-11,13,15,17H,8,12,14,16H2,1-4H3,(H,24,27). The highest BCUT2D eigenvalue weighted by Crippen LogP contribution is 2.13. The van der Waals surface area contributed by atoms with Crippen molar-refractivity contribution in [3.8, 4) is 0 Å². The van der Waals surface area contributed by atoms with Gasteiger partial charge in [-0.25, -0.2) is 0 Å². The van der Waals surface area contributed by atoms with Gasteiger partial charge in [0.05, 0.1) is 0 Å². The van der Waals surface area contributed by atoms with Crippen molar-refractivity contribution < 1.29 is 9.59 Å². The minimum absolute atomic E-state index is 0.0121. The van der Waals surface area contributed by atoms with E-state index in [1.54, 1.807) is 17.0 Å². The monoisotopic (exact) mass is 382 g/mol. The number of carbonyl (C=O) groups excluding carboxylic acids is 2. The molecule has 0 aliphatic carbocycles. The Hall–Kier alpha value is -2.73. The molecular formula is C22H30N4O2. The Labute approximate surface area is 167 Å². The Morgan fingerprint density at radius 2 is 1.82 bits per heavy atom. The number of benzene rings is 1. The fourth-order valence-electron chi connectivity index (χ4n) is 2.80. The highest BCUT2D eigenvalue weighted by atomic mass is 16.2. The molecule has 2 rings (SSSR count). The van der Waals surface area contributed by atoms with Crippen LogP contribution in [0.15, 0.2) is 48.7 Å². The van der Waals surface area contributed by atoms with Crippen LogP contribution in [-0.4, -0.2) is 59.8 Å². The number of pyridine rings is 1. The van der Waals surface area contributed by atoms with Crippen molar-refractivity contribution in [1.82, 2.24) is 20.1 Å². The number of carbonyl (C=O) groups is 2. The number of rotatable bonds is 9. The SMILES string of the molecule is CC(C)N(Cc1ccccc1)C(=O)c1cc(C(=O)NCCCN(C)C)ccn1. The predicted octanol–water partition coefficient (Wildman–Crippen LogP) is 2.81. The van der Waals surface area contributed by atoms with Gasteiger partial charge in [-0.3, -0.25) is 14.6 Å². The fourth-order valence-corrected chi connectivity index (χ4v) is 2.80. The molecule has 0 radical (unpaired) electrons. The Morgan fingerprint density at radius 1 is 1.11 bits per heavy atom. The maximum Gasteiger partial charge on any atom is 0.272 e. The summed E-state index contributed by atoms with van der Waals surface area (Å²) in [6.45, 7) is 5.95. The van der Waals surface area contributed by atoms with Crippen LogP contribution in [-0.2, 0) is 6.54 Å². The van der Waals surface area contributed by atoms with E-state index in [1.165, 1.54) is 6.20 Å². The maximum absolute atomic E-state index is 13.0. The molecule has 0 atom stereocenters. The van der Waals surface area contributed by atoms with E-state index in [-0.39, 0.29) is 23.6 Å². The molecule has 2 amide bonds. The smallest absolute Gasteiger partial charge is 0.272 e. The summed E-state index contributed by atoms with van der Waals surface area (Å²) < 4.78 is 0. The highest BCUT2D eigenvalue weighted by molar-refractivity contribution is 5.98. The van der Waals surface area contributed by atoms with Crippen LogP contribution in [0.25, 0.3) is 0 Å². The number of aromatic nitrogens is 1. The van der Waals surface area contributed by atoms with E-state index < -0.39 is 0 Å². The Balaban J connectivity index is 2.07. The molecule has 28 heavy (non-hydrogen) atoms. The quantitative estimate of drug-likeness (QED) is 0.678. The van der Waals surface area contributed by atoms with E-state index in [0.717, 1.165) is 18.5 Å². The largest absolute Gasteiger partial charge is 0.352 e. The Bertz CT molecular complexity index is 775. The molecule has 0 aliphatic heterocycles. The van der Waals surface area contributed by atoms with Gasteiger partial charge < -0.3 is 15.1 Å². The number of amides is 2. The van der Waals surface area contributed by atoms with Gasteiger partial charge in [0.25, 0.3) is 11.8 Å². The second-order valence-corrected chi connectivity index (χ2v) is 7.35.